The normalized spacial score (nSPS) is 22.0. The Balaban J connectivity index is 2.29. The highest BCUT2D eigenvalue weighted by molar-refractivity contribution is 6.02. The quantitative estimate of drug-likeness (QED) is 0.799. The summed E-state index contributed by atoms with van der Waals surface area (Å²) in [7, 11) is 0. The van der Waals surface area contributed by atoms with Crippen molar-refractivity contribution in [2.45, 2.75) is 18.6 Å². The molecule has 0 aromatic heterocycles. The molecule has 2 nitrogen and oxygen atoms in total. The molecule has 16 heavy (non-hydrogen) atoms. The zero-order valence-corrected chi connectivity index (χ0v) is 8.29. The van der Waals surface area contributed by atoms with Gasteiger partial charge in [-0.15, -0.1) is 0 Å². The van der Waals surface area contributed by atoms with Crippen molar-refractivity contribution >= 4 is 5.78 Å². The third-order valence-corrected chi connectivity index (χ3v) is 2.87. The lowest BCUT2D eigenvalue weighted by atomic mass is 9.96. The summed E-state index contributed by atoms with van der Waals surface area (Å²) in [6.07, 6.45) is -4.45. The standard InChI is InChI=1S/C11H10F3NO/c12-11(13,14)10(15)8-5-6-3-1-2-4-7(6)9(8)16/h1-4,8,10H,5,15H2. The second-order valence-corrected chi connectivity index (χ2v) is 3.90. The van der Waals surface area contributed by atoms with E-state index in [-0.39, 0.29) is 6.42 Å². The van der Waals surface area contributed by atoms with Crippen LogP contribution in [0.2, 0.25) is 0 Å². The number of carbonyl (C=O) groups excluding carboxylic acids is 1. The Morgan fingerprint density at radius 1 is 1.31 bits per heavy atom. The highest BCUT2D eigenvalue weighted by Gasteiger charge is 2.47. The zero-order chi connectivity index (χ0) is 11.9. The number of alkyl halides is 3. The van der Waals surface area contributed by atoms with Gasteiger partial charge >= 0.3 is 6.18 Å². The van der Waals surface area contributed by atoms with E-state index in [9.17, 15) is 18.0 Å². The van der Waals surface area contributed by atoms with E-state index in [1.807, 2.05) is 0 Å². The fourth-order valence-corrected chi connectivity index (χ4v) is 1.99. The van der Waals surface area contributed by atoms with Crippen LogP contribution in [-0.4, -0.2) is 18.0 Å². The molecule has 2 atom stereocenters. The van der Waals surface area contributed by atoms with E-state index in [0.717, 1.165) is 0 Å². The molecule has 0 heterocycles. The monoisotopic (exact) mass is 229 g/mol. The van der Waals surface area contributed by atoms with Crippen molar-refractivity contribution in [2.24, 2.45) is 11.7 Å². The topological polar surface area (TPSA) is 43.1 Å². The molecule has 2 rings (SSSR count). The molecule has 1 aliphatic carbocycles. The maximum atomic E-state index is 12.4. The maximum absolute atomic E-state index is 12.4. The number of Topliss-reactive ketones (excluding diaryl/α,β-unsaturated/α-hetero) is 1. The number of carbonyl (C=O) groups is 1. The van der Waals surface area contributed by atoms with Crippen molar-refractivity contribution in [3.05, 3.63) is 35.4 Å². The fraction of sp³-hybridized carbons (Fsp3) is 0.364. The molecule has 0 fully saturated rings. The smallest absolute Gasteiger partial charge is 0.320 e. The number of halogens is 3. The van der Waals surface area contributed by atoms with Crippen molar-refractivity contribution in [2.75, 3.05) is 0 Å². The number of rotatable bonds is 1. The van der Waals surface area contributed by atoms with E-state index in [1.165, 1.54) is 0 Å². The number of ketones is 1. The van der Waals surface area contributed by atoms with Crippen molar-refractivity contribution in [1.82, 2.24) is 0 Å². The van der Waals surface area contributed by atoms with E-state index in [0.29, 0.717) is 11.1 Å². The van der Waals surface area contributed by atoms with E-state index in [1.54, 1.807) is 24.3 Å². The third-order valence-electron chi connectivity index (χ3n) is 2.87. The Morgan fingerprint density at radius 2 is 1.94 bits per heavy atom. The first-order valence-electron chi connectivity index (χ1n) is 4.85. The minimum absolute atomic E-state index is 0.0791. The molecule has 0 amide bonds. The molecule has 1 aliphatic rings. The van der Waals surface area contributed by atoms with E-state index >= 15 is 0 Å². The summed E-state index contributed by atoms with van der Waals surface area (Å²) >= 11 is 0. The zero-order valence-electron chi connectivity index (χ0n) is 8.29. The van der Waals surface area contributed by atoms with Gasteiger partial charge in [0, 0.05) is 5.56 Å². The van der Waals surface area contributed by atoms with E-state index < -0.39 is 23.9 Å². The number of hydrogen-bond acceptors (Lipinski definition) is 2. The lowest BCUT2D eigenvalue weighted by Crippen LogP contribution is -2.46. The SMILES string of the molecule is NC(C1Cc2ccccc2C1=O)C(F)(F)F. The molecule has 86 valence electrons. The lowest BCUT2D eigenvalue weighted by Gasteiger charge is -2.20. The van der Waals surface area contributed by atoms with Crippen LogP contribution in [0, 0.1) is 5.92 Å². The number of benzene rings is 1. The molecule has 2 unspecified atom stereocenters. The first-order chi connectivity index (χ1) is 7.41. The summed E-state index contributed by atoms with van der Waals surface area (Å²) in [6.45, 7) is 0. The predicted octanol–water partition coefficient (Wildman–Crippen LogP) is 1.93. The van der Waals surface area contributed by atoms with Crippen LogP contribution in [0.4, 0.5) is 13.2 Å². The molecule has 1 aromatic rings. The molecule has 0 spiro atoms. The van der Waals surface area contributed by atoms with E-state index in [4.69, 9.17) is 5.73 Å². The van der Waals surface area contributed by atoms with Crippen LogP contribution in [0.15, 0.2) is 24.3 Å². The largest absolute Gasteiger partial charge is 0.404 e. The minimum Gasteiger partial charge on any atom is -0.320 e. The van der Waals surface area contributed by atoms with Gasteiger partial charge in [-0.25, -0.2) is 0 Å². The molecular weight excluding hydrogens is 219 g/mol. The van der Waals surface area contributed by atoms with Crippen molar-refractivity contribution < 1.29 is 18.0 Å². The van der Waals surface area contributed by atoms with Crippen LogP contribution in [0.3, 0.4) is 0 Å². The Morgan fingerprint density at radius 3 is 2.50 bits per heavy atom. The van der Waals surface area contributed by atoms with Gasteiger partial charge in [-0.3, -0.25) is 4.79 Å². The number of nitrogens with two attached hydrogens (primary N) is 1. The van der Waals surface area contributed by atoms with Gasteiger partial charge < -0.3 is 5.73 Å². The molecule has 0 aliphatic heterocycles. The molecule has 0 saturated heterocycles. The van der Waals surface area contributed by atoms with Crippen molar-refractivity contribution in [3.8, 4) is 0 Å². The summed E-state index contributed by atoms with van der Waals surface area (Å²) in [5.41, 5.74) is 6.10. The lowest BCUT2D eigenvalue weighted by molar-refractivity contribution is -0.155. The van der Waals surface area contributed by atoms with Crippen LogP contribution in [0.1, 0.15) is 15.9 Å². The summed E-state index contributed by atoms with van der Waals surface area (Å²) in [4.78, 5) is 11.7. The van der Waals surface area contributed by atoms with Crippen LogP contribution in [0.5, 0.6) is 0 Å². The van der Waals surface area contributed by atoms with Gasteiger partial charge in [-0.2, -0.15) is 13.2 Å². The van der Waals surface area contributed by atoms with Gasteiger partial charge in [0.25, 0.3) is 0 Å². The molecule has 5 heteroatoms. The summed E-state index contributed by atoms with van der Waals surface area (Å²) in [6, 6.07) is 4.47. The van der Waals surface area contributed by atoms with Crippen molar-refractivity contribution in [1.29, 1.82) is 0 Å². The van der Waals surface area contributed by atoms with Crippen LogP contribution in [0.25, 0.3) is 0 Å². The van der Waals surface area contributed by atoms with Gasteiger partial charge in [0.15, 0.2) is 5.78 Å². The Hall–Kier alpha value is -1.36. The second-order valence-electron chi connectivity index (χ2n) is 3.90. The number of fused-ring (bicyclic) bond motifs is 1. The van der Waals surface area contributed by atoms with Crippen LogP contribution >= 0.6 is 0 Å². The Kier molecular flexibility index (Phi) is 2.50. The highest BCUT2D eigenvalue weighted by Crippen LogP contribution is 2.33. The van der Waals surface area contributed by atoms with Gasteiger partial charge in [-0.05, 0) is 12.0 Å². The fourth-order valence-electron chi connectivity index (χ4n) is 1.99. The Bertz CT molecular complexity index is 427. The third kappa shape index (κ3) is 1.71. The van der Waals surface area contributed by atoms with E-state index in [2.05, 4.69) is 0 Å². The summed E-state index contributed by atoms with van der Waals surface area (Å²) in [5.74, 6) is -1.67. The predicted molar refractivity (Wildman–Crippen MR) is 52.0 cm³/mol. The average molecular weight is 229 g/mol. The van der Waals surface area contributed by atoms with Gasteiger partial charge in [0.1, 0.15) is 6.04 Å². The molecule has 0 saturated carbocycles. The first kappa shape index (κ1) is 11.1. The Labute approximate surface area is 90.2 Å². The summed E-state index contributed by atoms with van der Waals surface area (Å²) in [5, 5.41) is 0. The van der Waals surface area contributed by atoms with Gasteiger partial charge in [0.05, 0.1) is 5.92 Å². The summed E-state index contributed by atoms with van der Waals surface area (Å²) < 4.78 is 37.3. The molecular formula is C11H10F3NO. The molecule has 1 aromatic carbocycles. The van der Waals surface area contributed by atoms with Gasteiger partial charge in [0.2, 0.25) is 0 Å². The molecule has 2 N–H and O–H groups in total. The van der Waals surface area contributed by atoms with Crippen molar-refractivity contribution in [3.63, 3.8) is 0 Å². The minimum atomic E-state index is -4.53. The van der Waals surface area contributed by atoms with Crippen LogP contribution < -0.4 is 5.73 Å². The first-order valence-corrected chi connectivity index (χ1v) is 4.85. The molecule has 0 radical (unpaired) electrons. The second kappa shape index (κ2) is 3.59. The molecule has 0 bridgehead atoms. The van der Waals surface area contributed by atoms with Gasteiger partial charge in [-0.1, -0.05) is 24.3 Å². The maximum Gasteiger partial charge on any atom is 0.404 e. The highest BCUT2D eigenvalue weighted by atomic mass is 19.4. The average Bonchev–Trinajstić information content (AvgIpc) is 2.54. The number of hydrogen-bond donors (Lipinski definition) is 1. The van der Waals surface area contributed by atoms with Crippen LogP contribution in [-0.2, 0) is 6.42 Å².